The van der Waals surface area contributed by atoms with Crippen LogP contribution < -0.4 is 0 Å². The number of esters is 1. The molecule has 1 aromatic carbocycles. The van der Waals surface area contributed by atoms with Crippen LogP contribution in [0.15, 0.2) is 53.1 Å². The second kappa shape index (κ2) is 4.57. The van der Waals surface area contributed by atoms with Gasteiger partial charge in [-0.2, -0.15) is 0 Å². The number of furan rings is 1. The van der Waals surface area contributed by atoms with Crippen LogP contribution >= 0.6 is 0 Å². The number of carbonyl (C=O) groups is 1. The largest absolute Gasteiger partial charge is 0.463 e. The van der Waals surface area contributed by atoms with Crippen LogP contribution in [0.25, 0.3) is 22.2 Å². The van der Waals surface area contributed by atoms with Gasteiger partial charge in [-0.15, -0.1) is 0 Å². The minimum absolute atomic E-state index is 0.183. The number of rotatable bonds is 2. The Morgan fingerprint density at radius 1 is 1.16 bits per heavy atom. The zero-order valence-electron chi connectivity index (χ0n) is 10.3. The first kappa shape index (κ1) is 11.5. The standard InChI is InChI=1S/C15H11NO3/c1-18-15(17)14-12(10-6-3-2-4-7-10)13-11(19-14)8-5-9-16-13/h2-9H,1H3. The van der Waals surface area contributed by atoms with E-state index in [0.29, 0.717) is 16.7 Å². The first-order valence-corrected chi connectivity index (χ1v) is 5.82. The Morgan fingerprint density at radius 3 is 2.68 bits per heavy atom. The molecule has 0 spiro atoms. The highest BCUT2D eigenvalue weighted by atomic mass is 16.5. The summed E-state index contributed by atoms with van der Waals surface area (Å²) >= 11 is 0. The van der Waals surface area contributed by atoms with Gasteiger partial charge in [-0.1, -0.05) is 30.3 Å². The maximum absolute atomic E-state index is 11.8. The monoisotopic (exact) mass is 253 g/mol. The van der Waals surface area contributed by atoms with E-state index in [1.807, 2.05) is 30.3 Å². The summed E-state index contributed by atoms with van der Waals surface area (Å²) in [4.78, 5) is 16.1. The van der Waals surface area contributed by atoms with E-state index in [2.05, 4.69) is 4.98 Å². The minimum Gasteiger partial charge on any atom is -0.463 e. The van der Waals surface area contributed by atoms with Crippen molar-refractivity contribution in [1.29, 1.82) is 0 Å². The topological polar surface area (TPSA) is 52.3 Å². The van der Waals surface area contributed by atoms with Crippen molar-refractivity contribution in [2.24, 2.45) is 0 Å². The van der Waals surface area contributed by atoms with Crippen LogP contribution in [0, 0.1) is 0 Å². The molecule has 4 nitrogen and oxygen atoms in total. The molecular weight excluding hydrogens is 242 g/mol. The molecule has 19 heavy (non-hydrogen) atoms. The Labute approximate surface area is 109 Å². The number of fused-ring (bicyclic) bond motifs is 1. The van der Waals surface area contributed by atoms with Crippen molar-refractivity contribution in [1.82, 2.24) is 4.98 Å². The highest BCUT2D eigenvalue weighted by Crippen LogP contribution is 2.33. The summed E-state index contributed by atoms with van der Waals surface area (Å²) in [5.74, 6) is -0.320. The summed E-state index contributed by atoms with van der Waals surface area (Å²) in [5.41, 5.74) is 2.78. The third-order valence-electron chi connectivity index (χ3n) is 2.88. The van der Waals surface area contributed by atoms with E-state index >= 15 is 0 Å². The summed E-state index contributed by atoms with van der Waals surface area (Å²) in [6.07, 6.45) is 1.67. The molecule has 0 amide bonds. The van der Waals surface area contributed by atoms with Crippen LogP contribution in [0.3, 0.4) is 0 Å². The maximum atomic E-state index is 11.8. The van der Waals surface area contributed by atoms with Gasteiger partial charge in [-0.05, 0) is 17.7 Å². The molecule has 0 aliphatic carbocycles. The first-order valence-electron chi connectivity index (χ1n) is 5.82. The summed E-state index contributed by atoms with van der Waals surface area (Å²) < 4.78 is 10.3. The van der Waals surface area contributed by atoms with Crippen LogP contribution in [0.5, 0.6) is 0 Å². The predicted octanol–water partition coefficient (Wildman–Crippen LogP) is 3.28. The van der Waals surface area contributed by atoms with E-state index in [4.69, 9.17) is 9.15 Å². The number of carbonyl (C=O) groups excluding carboxylic acids is 1. The van der Waals surface area contributed by atoms with Crippen molar-refractivity contribution in [3.63, 3.8) is 0 Å². The summed E-state index contributed by atoms with van der Waals surface area (Å²) in [5, 5.41) is 0. The number of hydrogen-bond donors (Lipinski definition) is 0. The van der Waals surface area contributed by atoms with Gasteiger partial charge in [0.1, 0.15) is 5.52 Å². The Morgan fingerprint density at radius 2 is 1.95 bits per heavy atom. The molecule has 0 saturated heterocycles. The molecule has 0 bridgehead atoms. The normalized spacial score (nSPS) is 10.6. The number of aromatic nitrogens is 1. The Balaban J connectivity index is 2.34. The molecule has 0 atom stereocenters. The lowest BCUT2D eigenvalue weighted by molar-refractivity contribution is 0.0569. The van der Waals surface area contributed by atoms with E-state index in [-0.39, 0.29) is 5.76 Å². The number of pyridine rings is 1. The number of benzene rings is 1. The predicted molar refractivity (Wildman–Crippen MR) is 70.8 cm³/mol. The van der Waals surface area contributed by atoms with E-state index in [0.717, 1.165) is 5.56 Å². The maximum Gasteiger partial charge on any atom is 0.374 e. The molecule has 0 N–H and O–H groups in total. The molecule has 3 rings (SSSR count). The fourth-order valence-corrected chi connectivity index (χ4v) is 2.04. The summed E-state index contributed by atoms with van der Waals surface area (Å²) in [6, 6.07) is 13.1. The van der Waals surface area contributed by atoms with Crippen LogP contribution in [-0.4, -0.2) is 18.1 Å². The molecule has 2 aromatic heterocycles. The fourth-order valence-electron chi connectivity index (χ4n) is 2.04. The smallest absolute Gasteiger partial charge is 0.374 e. The van der Waals surface area contributed by atoms with Crippen molar-refractivity contribution in [3.05, 3.63) is 54.4 Å². The van der Waals surface area contributed by atoms with Crippen molar-refractivity contribution in [2.45, 2.75) is 0 Å². The lowest BCUT2D eigenvalue weighted by atomic mass is 10.0. The molecule has 0 fully saturated rings. The Bertz CT molecular complexity index is 731. The van der Waals surface area contributed by atoms with Crippen molar-refractivity contribution in [2.75, 3.05) is 7.11 Å². The first-order chi connectivity index (χ1) is 9.31. The Kier molecular flexibility index (Phi) is 2.76. The molecular formula is C15H11NO3. The highest BCUT2D eigenvalue weighted by molar-refractivity contribution is 6.04. The molecule has 0 radical (unpaired) electrons. The van der Waals surface area contributed by atoms with Crippen molar-refractivity contribution < 1.29 is 13.9 Å². The van der Waals surface area contributed by atoms with Gasteiger partial charge >= 0.3 is 5.97 Å². The number of methoxy groups -OCH3 is 1. The molecule has 0 saturated carbocycles. The lowest BCUT2D eigenvalue weighted by Gasteiger charge is -2.01. The number of ether oxygens (including phenoxy) is 1. The molecule has 3 aromatic rings. The van der Waals surface area contributed by atoms with Gasteiger partial charge < -0.3 is 9.15 Å². The zero-order chi connectivity index (χ0) is 13.2. The van der Waals surface area contributed by atoms with Gasteiger partial charge in [0.2, 0.25) is 5.76 Å². The average Bonchev–Trinajstić information content (AvgIpc) is 2.86. The average molecular weight is 253 g/mol. The molecule has 4 heteroatoms. The van der Waals surface area contributed by atoms with Crippen LogP contribution in [0.2, 0.25) is 0 Å². The second-order valence-corrected chi connectivity index (χ2v) is 4.01. The third kappa shape index (κ3) is 1.87. The molecule has 2 heterocycles. The van der Waals surface area contributed by atoms with Crippen molar-refractivity contribution in [3.8, 4) is 11.1 Å². The zero-order valence-corrected chi connectivity index (χ0v) is 10.3. The molecule has 0 unspecified atom stereocenters. The second-order valence-electron chi connectivity index (χ2n) is 4.01. The van der Waals surface area contributed by atoms with E-state index in [9.17, 15) is 4.79 Å². The third-order valence-corrected chi connectivity index (χ3v) is 2.88. The van der Waals surface area contributed by atoms with E-state index in [1.165, 1.54) is 7.11 Å². The van der Waals surface area contributed by atoms with Crippen molar-refractivity contribution >= 4 is 17.1 Å². The summed E-state index contributed by atoms with van der Waals surface area (Å²) in [7, 11) is 1.33. The molecule has 0 aliphatic rings. The number of nitrogens with zero attached hydrogens (tertiary/aromatic N) is 1. The highest BCUT2D eigenvalue weighted by Gasteiger charge is 2.22. The molecule has 94 valence electrons. The van der Waals surface area contributed by atoms with E-state index in [1.54, 1.807) is 18.3 Å². The van der Waals surface area contributed by atoms with Gasteiger partial charge in [0.25, 0.3) is 0 Å². The lowest BCUT2D eigenvalue weighted by Crippen LogP contribution is -2.01. The summed E-state index contributed by atoms with van der Waals surface area (Å²) in [6.45, 7) is 0. The van der Waals surface area contributed by atoms with Crippen LogP contribution in [-0.2, 0) is 4.74 Å². The van der Waals surface area contributed by atoms with Crippen LogP contribution in [0.4, 0.5) is 0 Å². The molecule has 0 aliphatic heterocycles. The van der Waals surface area contributed by atoms with Gasteiger partial charge in [0.05, 0.1) is 12.7 Å². The van der Waals surface area contributed by atoms with Gasteiger partial charge in [-0.25, -0.2) is 4.79 Å². The SMILES string of the molecule is COC(=O)c1oc2cccnc2c1-c1ccccc1. The fraction of sp³-hybridized carbons (Fsp3) is 0.0667. The van der Waals surface area contributed by atoms with Gasteiger partial charge in [0.15, 0.2) is 5.58 Å². The van der Waals surface area contributed by atoms with Gasteiger partial charge in [0, 0.05) is 6.20 Å². The minimum atomic E-state index is -0.503. The van der Waals surface area contributed by atoms with Crippen LogP contribution in [0.1, 0.15) is 10.6 Å². The van der Waals surface area contributed by atoms with E-state index < -0.39 is 5.97 Å². The Hall–Kier alpha value is -2.62. The quantitative estimate of drug-likeness (QED) is 0.658. The van der Waals surface area contributed by atoms with Gasteiger partial charge in [-0.3, -0.25) is 4.98 Å². The number of hydrogen-bond acceptors (Lipinski definition) is 4.